The number of methoxy groups -OCH3 is 1. The van der Waals surface area contributed by atoms with Gasteiger partial charge in [-0.1, -0.05) is 11.6 Å². The highest BCUT2D eigenvalue weighted by Gasteiger charge is 2.19. The number of carbonyl (C=O) groups excluding carboxylic acids is 1. The zero-order valence-corrected chi connectivity index (χ0v) is 20.9. The fourth-order valence-electron chi connectivity index (χ4n) is 3.67. The van der Waals surface area contributed by atoms with Crippen molar-refractivity contribution in [1.82, 2.24) is 20.1 Å². The van der Waals surface area contributed by atoms with Crippen molar-refractivity contribution in [1.29, 1.82) is 0 Å². The molecular weight excluding hydrogens is 485 g/mol. The molecule has 2 heterocycles. The number of anilines is 2. The SMILES string of the molecule is COc1ccc(Nc2ccnc3cc(Cl)ccc23)cc1CNC(=O)N1CCN(C)CC1.Cl.Cl. The van der Waals surface area contributed by atoms with Crippen LogP contribution >= 0.6 is 36.4 Å². The molecule has 2 aromatic carbocycles. The van der Waals surface area contributed by atoms with Gasteiger partial charge in [0.15, 0.2) is 0 Å². The van der Waals surface area contributed by atoms with Gasteiger partial charge in [-0.25, -0.2) is 4.79 Å². The molecule has 0 radical (unpaired) electrons. The highest BCUT2D eigenvalue weighted by molar-refractivity contribution is 6.31. The lowest BCUT2D eigenvalue weighted by molar-refractivity contribution is 0.154. The molecule has 4 rings (SSSR count). The second kappa shape index (κ2) is 12.1. The van der Waals surface area contributed by atoms with E-state index in [1.165, 1.54) is 0 Å². The molecule has 3 aromatic rings. The molecule has 2 amide bonds. The quantitative estimate of drug-likeness (QED) is 0.507. The highest BCUT2D eigenvalue weighted by Crippen LogP contribution is 2.29. The molecule has 1 fully saturated rings. The number of nitrogens with zero attached hydrogens (tertiary/aromatic N) is 3. The third-order valence-corrected chi connectivity index (χ3v) is 5.72. The van der Waals surface area contributed by atoms with Crippen molar-refractivity contribution in [3.63, 3.8) is 0 Å². The van der Waals surface area contributed by atoms with Crippen LogP contribution in [0.15, 0.2) is 48.7 Å². The normalized spacial score (nSPS) is 13.6. The highest BCUT2D eigenvalue weighted by atomic mass is 35.5. The molecule has 0 bridgehead atoms. The first-order chi connectivity index (χ1) is 15.0. The number of halogens is 3. The van der Waals surface area contributed by atoms with Gasteiger partial charge in [0, 0.05) is 66.3 Å². The Balaban J connectivity index is 0.00000193. The molecule has 0 atom stereocenters. The topological polar surface area (TPSA) is 69.7 Å². The summed E-state index contributed by atoms with van der Waals surface area (Å²) in [5, 5.41) is 8.10. The third-order valence-electron chi connectivity index (χ3n) is 5.48. The van der Waals surface area contributed by atoms with Crippen LogP contribution in [0.3, 0.4) is 0 Å². The molecule has 1 aliphatic rings. The lowest BCUT2D eigenvalue weighted by Gasteiger charge is -2.32. The number of benzene rings is 2. The Bertz CT molecular complexity index is 1090. The zero-order valence-electron chi connectivity index (χ0n) is 18.5. The van der Waals surface area contributed by atoms with Gasteiger partial charge >= 0.3 is 6.03 Å². The van der Waals surface area contributed by atoms with Crippen LogP contribution in [-0.2, 0) is 6.54 Å². The van der Waals surface area contributed by atoms with Crippen LogP contribution in [0.4, 0.5) is 16.2 Å². The standard InChI is InChI=1S/C23H26ClN5O2.2ClH/c1-28-9-11-29(12-10-28)23(30)26-15-16-13-18(4-6-22(16)31-2)27-20-7-8-25-21-14-17(24)3-5-19(20)21;;/h3-8,13-14H,9-12,15H2,1-2H3,(H,25,27)(H,26,30);2*1H. The summed E-state index contributed by atoms with van der Waals surface area (Å²) < 4.78 is 5.50. The number of hydrogen-bond acceptors (Lipinski definition) is 5. The van der Waals surface area contributed by atoms with Gasteiger partial charge in [-0.15, -0.1) is 24.8 Å². The summed E-state index contributed by atoms with van der Waals surface area (Å²) in [6, 6.07) is 13.4. The van der Waals surface area contributed by atoms with E-state index >= 15 is 0 Å². The number of amides is 2. The van der Waals surface area contributed by atoms with Gasteiger partial charge in [0.05, 0.1) is 12.6 Å². The largest absolute Gasteiger partial charge is 0.496 e. The van der Waals surface area contributed by atoms with Crippen LogP contribution in [0.5, 0.6) is 5.75 Å². The monoisotopic (exact) mass is 511 g/mol. The Labute approximate surface area is 211 Å². The number of piperazine rings is 1. The van der Waals surface area contributed by atoms with Crippen molar-refractivity contribution in [3.05, 3.63) is 59.2 Å². The number of aromatic nitrogens is 1. The molecule has 7 nitrogen and oxygen atoms in total. The second-order valence-electron chi connectivity index (χ2n) is 7.62. The van der Waals surface area contributed by atoms with Crippen molar-refractivity contribution >= 4 is 64.7 Å². The Morgan fingerprint density at radius 2 is 1.85 bits per heavy atom. The van der Waals surface area contributed by atoms with E-state index in [0.29, 0.717) is 11.6 Å². The summed E-state index contributed by atoms with van der Waals surface area (Å²) in [4.78, 5) is 21.0. The maximum Gasteiger partial charge on any atom is 0.317 e. The molecule has 33 heavy (non-hydrogen) atoms. The van der Waals surface area contributed by atoms with Gasteiger partial charge in [-0.2, -0.15) is 0 Å². The van der Waals surface area contributed by atoms with E-state index in [1.54, 1.807) is 13.3 Å². The Morgan fingerprint density at radius 1 is 1.09 bits per heavy atom. The Morgan fingerprint density at radius 3 is 2.58 bits per heavy atom. The van der Waals surface area contributed by atoms with E-state index in [-0.39, 0.29) is 30.8 Å². The molecule has 0 spiro atoms. The van der Waals surface area contributed by atoms with Crippen molar-refractivity contribution in [2.75, 3.05) is 45.7 Å². The summed E-state index contributed by atoms with van der Waals surface area (Å²) in [6.07, 6.45) is 1.75. The molecule has 1 aliphatic heterocycles. The van der Waals surface area contributed by atoms with Crippen LogP contribution in [0.1, 0.15) is 5.56 Å². The molecule has 1 aromatic heterocycles. The lowest BCUT2D eigenvalue weighted by Crippen LogP contribution is -2.50. The first-order valence-electron chi connectivity index (χ1n) is 10.2. The Kier molecular flexibility index (Phi) is 9.86. The van der Waals surface area contributed by atoms with Gasteiger partial charge in [0.25, 0.3) is 0 Å². The van der Waals surface area contributed by atoms with Crippen LogP contribution < -0.4 is 15.4 Å². The number of carbonyl (C=O) groups is 1. The number of ether oxygens (including phenoxy) is 1. The summed E-state index contributed by atoms with van der Waals surface area (Å²) in [6.45, 7) is 3.64. The average molecular weight is 513 g/mol. The van der Waals surface area contributed by atoms with Gasteiger partial charge < -0.3 is 25.2 Å². The van der Waals surface area contributed by atoms with Crippen LogP contribution in [0.25, 0.3) is 10.9 Å². The van der Waals surface area contributed by atoms with E-state index in [1.807, 2.05) is 47.4 Å². The van der Waals surface area contributed by atoms with Crippen molar-refractivity contribution in [2.24, 2.45) is 0 Å². The molecule has 1 saturated heterocycles. The summed E-state index contributed by atoms with van der Waals surface area (Å²) in [5.41, 5.74) is 3.55. The van der Waals surface area contributed by atoms with Crippen molar-refractivity contribution in [3.8, 4) is 5.75 Å². The van der Waals surface area contributed by atoms with Gasteiger partial charge in [0.2, 0.25) is 0 Å². The van der Waals surface area contributed by atoms with Crippen LogP contribution in [0.2, 0.25) is 5.02 Å². The van der Waals surface area contributed by atoms with Gasteiger partial charge in [-0.05, 0) is 49.5 Å². The zero-order chi connectivity index (χ0) is 21.8. The van der Waals surface area contributed by atoms with E-state index < -0.39 is 0 Å². The fourth-order valence-corrected chi connectivity index (χ4v) is 3.84. The molecule has 2 N–H and O–H groups in total. The predicted octanol–water partition coefficient (Wildman–Crippen LogP) is 4.94. The number of fused-ring (bicyclic) bond motifs is 1. The maximum absolute atomic E-state index is 12.5. The summed E-state index contributed by atoms with van der Waals surface area (Å²) >= 11 is 6.09. The molecule has 10 heteroatoms. The average Bonchev–Trinajstić information content (AvgIpc) is 2.78. The van der Waals surface area contributed by atoms with E-state index in [2.05, 4.69) is 27.6 Å². The maximum atomic E-state index is 12.5. The first kappa shape index (κ1) is 26.8. The van der Waals surface area contributed by atoms with E-state index in [4.69, 9.17) is 16.3 Å². The predicted molar refractivity (Wildman–Crippen MR) is 139 cm³/mol. The van der Waals surface area contributed by atoms with Crippen molar-refractivity contribution < 1.29 is 9.53 Å². The Hall–Kier alpha value is -2.45. The van der Waals surface area contributed by atoms with Crippen LogP contribution in [-0.4, -0.2) is 61.2 Å². The smallest absolute Gasteiger partial charge is 0.317 e. The molecule has 0 aliphatic carbocycles. The molecule has 0 unspecified atom stereocenters. The minimum atomic E-state index is -0.0504. The number of rotatable bonds is 5. The number of nitrogens with one attached hydrogen (secondary N) is 2. The van der Waals surface area contributed by atoms with E-state index in [0.717, 1.165) is 59.8 Å². The number of likely N-dealkylation sites (N-methyl/N-ethyl adjacent to an activating group) is 1. The van der Waals surface area contributed by atoms with E-state index in [9.17, 15) is 4.79 Å². The molecule has 0 saturated carbocycles. The summed E-state index contributed by atoms with van der Waals surface area (Å²) in [7, 11) is 3.70. The number of pyridine rings is 1. The third kappa shape index (κ3) is 6.54. The first-order valence-corrected chi connectivity index (χ1v) is 10.6. The van der Waals surface area contributed by atoms with Gasteiger partial charge in [0.1, 0.15) is 5.75 Å². The minimum Gasteiger partial charge on any atom is -0.496 e. The fraction of sp³-hybridized carbons (Fsp3) is 0.304. The van der Waals surface area contributed by atoms with Crippen molar-refractivity contribution in [2.45, 2.75) is 6.54 Å². The second-order valence-corrected chi connectivity index (χ2v) is 8.06. The van der Waals surface area contributed by atoms with Gasteiger partial charge in [-0.3, -0.25) is 4.98 Å². The van der Waals surface area contributed by atoms with Crippen LogP contribution in [0, 0.1) is 0 Å². The minimum absolute atomic E-state index is 0. The lowest BCUT2D eigenvalue weighted by atomic mass is 10.1. The molecular formula is C23H28Cl3N5O2. The number of urea groups is 1. The number of hydrogen-bond donors (Lipinski definition) is 2. The summed E-state index contributed by atoms with van der Waals surface area (Å²) in [5.74, 6) is 0.732. The molecule has 178 valence electrons.